The Morgan fingerprint density at radius 1 is 1.46 bits per heavy atom. The number of hydrogen-bond donors (Lipinski definition) is 2. The molecule has 1 atom stereocenters. The minimum Gasteiger partial charge on any atom is -0.336 e. The van der Waals surface area contributed by atoms with Crippen LogP contribution in [0.1, 0.15) is 35.4 Å². The van der Waals surface area contributed by atoms with Crippen molar-refractivity contribution in [2.75, 3.05) is 33.7 Å². The average molecular weight is 347 g/mol. The number of carbonyl (C=O) groups is 1. The number of H-pyrrole nitrogens is 1. The number of nitrogens with zero attached hydrogens (tertiary/aromatic N) is 3. The van der Waals surface area contributed by atoms with Crippen molar-refractivity contribution in [1.29, 1.82) is 0 Å². The van der Waals surface area contributed by atoms with Crippen LogP contribution in [-0.4, -0.2) is 59.8 Å². The van der Waals surface area contributed by atoms with Crippen molar-refractivity contribution in [2.24, 2.45) is 0 Å². The van der Waals surface area contributed by atoms with Gasteiger partial charge in [-0.05, 0) is 44.4 Å². The molecular weight excluding hydrogens is 322 g/mol. The number of hydrogen-bond acceptors (Lipinski definition) is 4. The molecule has 0 aliphatic carbocycles. The summed E-state index contributed by atoms with van der Waals surface area (Å²) in [4.78, 5) is 17.8. The molecule has 0 aromatic carbocycles. The highest BCUT2D eigenvalue weighted by Gasteiger charge is 2.25. The number of aromatic amines is 1. The fourth-order valence-corrected chi connectivity index (χ4v) is 4.12. The summed E-state index contributed by atoms with van der Waals surface area (Å²) >= 11 is 1.73. The van der Waals surface area contributed by atoms with Crippen molar-refractivity contribution in [3.8, 4) is 0 Å². The van der Waals surface area contributed by atoms with Crippen molar-refractivity contribution >= 4 is 17.4 Å². The van der Waals surface area contributed by atoms with E-state index < -0.39 is 0 Å². The maximum Gasteiger partial charge on any atom is 0.317 e. The summed E-state index contributed by atoms with van der Waals surface area (Å²) in [5, 5.41) is 12.2. The van der Waals surface area contributed by atoms with E-state index in [1.54, 1.807) is 17.5 Å². The Bertz CT molecular complexity index is 617. The maximum absolute atomic E-state index is 12.5. The molecule has 7 heteroatoms. The number of aromatic nitrogens is 2. The summed E-state index contributed by atoms with van der Waals surface area (Å²) in [6, 6.07) is 6.47. The molecule has 2 aromatic rings. The zero-order valence-electron chi connectivity index (χ0n) is 14.2. The summed E-state index contributed by atoms with van der Waals surface area (Å²) < 4.78 is 0. The number of likely N-dealkylation sites (N-methyl/N-ethyl adjacent to an activating group) is 1. The third kappa shape index (κ3) is 3.96. The molecule has 6 nitrogen and oxygen atoms in total. The van der Waals surface area contributed by atoms with Crippen LogP contribution >= 0.6 is 11.3 Å². The lowest BCUT2D eigenvalue weighted by atomic mass is 9.94. The van der Waals surface area contributed by atoms with E-state index in [0.717, 1.165) is 25.9 Å². The van der Waals surface area contributed by atoms with Crippen molar-refractivity contribution in [2.45, 2.75) is 24.8 Å². The second-order valence-electron chi connectivity index (χ2n) is 6.45. The van der Waals surface area contributed by atoms with Gasteiger partial charge in [-0.2, -0.15) is 5.10 Å². The van der Waals surface area contributed by atoms with E-state index in [1.807, 2.05) is 25.1 Å². The van der Waals surface area contributed by atoms with Crippen LogP contribution < -0.4 is 5.32 Å². The lowest BCUT2D eigenvalue weighted by Gasteiger charge is -2.32. The first-order chi connectivity index (χ1) is 11.6. The van der Waals surface area contributed by atoms with Crippen molar-refractivity contribution < 1.29 is 4.79 Å². The van der Waals surface area contributed by atoms with Gasteiger partial charge >= 0.3 is 6.03 Å². The molecule has 1 saturated heterocycles. The van der Waals surface area contributed by atoms with E-state index in [-0.39, 0.29) is 12.1 Å². The Kier molecular flexibility index (Phi) is 5.52. The Balaban J connectivity index is 1.49. The first-order valence-electron chi connectivity index (χ1n) is 8.37. The fourth-order valence-electron chi connectivity index (χ4n) is 3.20. The van der Waals surface area contributed by atoms with Gasteiger partial charge in [-0.25, -0.2) is 4.79 Å². The van der Waals surface area contributed by atoms with Gasteiger partial charge in [-0.15, -0.1) is 11.3 Å². The summed E-state index contributed by atoms with van der Waals surface area (Å²) in [5.41, 5.74) is 1.18. The van der Waals surface area contributed by atoms with Crippen LogP contribution in [-0.2, 0) is 0 Å². The molecule has 0 bridgehead atoms. The van der Waals surface area contributed by atoms with Crippen LogP contribution in [0.15, 0.2) is 29.8 Å². The molecule has 3 heterocycles. The molecule has 2 N–H and O–H groups in total. The largest absolute Gasteiger partial charge is 0.336 e. The first kappa shape index (κ1) is 17.0. The molecule has 0 radical (unpaired) electrons. The molecule has 0 spiro atoms. The highest BCUT2D eigenvalue weighted by Crippen LogP contribution is 2.26. The van der Waals surface area contributed by atoms with Crippen LogP contribution in [0.2, 0.25) is 0 Å². The summed E-state index contributed by atoms with van der Waals surface area (Å²) in [7, 11) is 4.10. The first-order valence-corrected chi connectivity index (χ1v) is 9.25. The van der Waals surface area contributed by atoms with E-state index in [1.165, 1.54) is 10.6 Å². The molecule has 1 fully saturated rings. The molecule has 0 unspecified atom stereocenters. The van der Waals surface area contributed by atoms with Crippen molar-refractivity contribution in [3.63, 3.8) is 0 Å². The highest BCUT2D eigenvalue weighted by atomic mass is 32.1. The second-order valence-corrected chi connectivity index (χ2v) is 7.43. The summed E-state index contributed by atoms with van der Waals surface area (Å²) in [6.07, 6.45) is 3.76. The standard InChI is InChI=1S/C17H25N5OS/c1-21(2)15(16-4-3-11-24-16)12-18-17(23)22-9-6-13(7-10-22)14-5-8-19-20-14/h3-5,8,11,13,15H,6-7,9-10,12H2,1-2H3,(H,18,23)(H,19,20)/t15-/m1/s1. The van der Waals surface area contributed by atoms with Gasteiger partial charge in [0.2, 0.25) is 0 Å². The summed E-state index contributed by atoms with van der Waals surface area (Å²) in [5.74, 6) is 0.484. The average Bonchev–Trinajstić information content (AvgIpc) is 3.28. The lowest BCUT2D eigenvalue weighted by molar-refractivity contribution is 0.176. The quantitative estimate of drug-likeness (QED) is 0.874. The molecule has 1 aliphatic heterocycles. The predicted molar refractivity (Wildman–Crippen MR) is 96.3 cm³/mol. The summed E-state index contributed by atoms with van der Waals surface area (Å²) in [6.45, 7) is 2.22. The second kappa shape index (κ2) is 7.81. The Morgan fingerprint density at radius 2 is 2.25 bits per heavy atom. The fraction of sp³-hybridized carbons (Fsp3) is 0.529. The van der Waals surface area contributed by atoms with E-state index in [2.05, 4.69) is 37.9 Å². The van der Waals surface area contributed by atoms with Gasteiger partial charge in [0.1, 0.15) is 0 Å². The molecule has 130 valence electrons. The van der Waals surface area contributed by atoms with E-state index >= 15 is 0 Å². The highest BCUT2D eigenvalue weighted by molar-refractivity contribution is 7.10. The zero-order valence-corrected chi connectivity index (χ0v) is 15.1. The zero-order chi connectivity index (χ0) is 16.9. The van der Waals surface area contributed by atoms with Gasteiger partial charge < -0.3 is 15.1 Å². The predicted octanol–water partition coefficient (Wildman–Crippen LogP) is 2.66. The third-order valence-electron chi connectivity index (χ3n) is 4.69. The third-order valence-corrected chi connectivity index (χ3v) is 5.66. The van der Waals surface area contributed by atoms with Crippen LogP contribution in [0.5, 0.6) is 0 Å². The van der Waals surface area contributed by atoms with Gasteiger partial charge in [0.15, 0.2) is 0 Å². The van der Waals surface area contributed by atoms with E-state index in [9.17, 15) is 4.79 Å². The normalized spacial score (nSPS) is 17.2. The van der Waals surface area contributed by atoms with Crippen molar-refractivity contribution in [3.05, 3.63) is 40.3 Å². The SMILES string of the molecule is CN(C)[C@H](CNC(=O)N1CCC(c2ccn[nH]2)CC1)c1cccs1. The maximum atomic E-state index is 12.5. The number of piperidine rings is 1. The molecule has 1 aliphatic rings. The van der Waals surface area contributed by atoms with Crippen LogP contribution in [0.3, 0.4) is 0 Å². The molecule has 3 rings (SSSR count). The van der Waals surface area contributed by atoms with Gasteiger partial charge in [-0.1, -0.05) is 6.07 Å². The Morgan fingerprint density at radius 3 is 2.83 bits per heavy atom. The molecule has 2 amide bonds. The molecular formula is C17H25N5OS. The number of likely N-dealkylation sites (tertiary alicyclic amines) is 1. The topological polar surface area (TPSA) is 64.3 Å². The minimum atomic E-state index is 0.0430. The number of amides is 2. The van der Waals surface area contributed by atoms with Gasteiger partial charge in [0, 0.05) is 42.3 Å². The Hall–Kier alpha value is -1.86. The van der Waals surface area contributed by atoms with Crippen molar-refractivity contribution in [1.82, 2.24) is 25.3 Å². The van der Waals surface area contributed by atoms with Crippen LogP contribution in [0.25, 0.3) is 0 Å². The van der Waals surface area contributed by atoms with Gasteiger partial charge in [-0.3, -0.25) is 5.10 Å². The number of nitrogens with one attached hydrogen (secondary N) is 2. The minimum absolute atomic E-state index is 0.0430. The smallest absolute Gasteiger partial charge is 0.317 e. The lowest BCUT2D eigenvalue weighted by Crippen LogP contribution is -2.46. The number of carbonyl (C=O) groups excluding carboxylic acids is 1. The van der Waals surface area contributed by atoms with Gasteiger partial charge in [0.25, 0.3) is 0 Å². The van der Waals surface area contributed by atoms with E-state index in [0.29, 0.717) is 12.5 Å². The number of urea groups is 1. The molecule has 2 aromatic heterocycles. The Labute approximate surface area is 146 Å². The molecule has 24 heavy (non-hydrogen) atoms. The van der Waals surface area contributed by atoms with Crippen LogP contribution in [0, 0.1) is 0 Å². The van der Waals surface area contributed by atoms with Crippen LogP contribution in [0.4, 0.5) is 4.79 Å². The van der Waals surface area contributed by atoms with Gasteiger partial charge in [0.05, 0.1) is 6.04 Å². The number of thiophene rings is 1. The molecule has 0 saturated carbocycles. The number of rotatable bonds is 5. The van der Waals surface area contributed by atoms with E-state index in [4.69, 9.17) is 0 Å². The monoisotopic (exact) mass is 347 g/mol.